The van der Waals surface area contributed by atoms with Crippen molar-refractivity contribution in [3.05, 3.63) is 83.6 Å². The van der Waals surface area contributed by atoms with E-state index in [1.807, 2.05) is 0 Å². The Labute approximate surface area is 166 Å². The van der Waals surface area contributed by atoms with Crippen LogP contribution in [0.1, 0.15) is 21.6 Å². The Morgan fingerprint density at radius 1 is 0.800 bits per heavy atom. The summed E-state index contributed by atoms with van der Waals surface area (Å²) >= 11 is 0. The minimum Gasteiger partial charge on any atom is -0.439 e. The number of ether oxygens (including phenoxy) is 1. The Hall–Kier alpha value is -3.56. The molecule has 3 aromatic rings. The van der Waals surface area contributed by atoms with Gasteiger partial charge in [-0.15, -0.1) is 0 Å². The van der Waals surface area contributed by atoms with Gasteiger partial charge in [0.05, 0.1) is 11.1 Å². The maximum Gasteiger partial charge on any atom is 0.416 e. The maximum atomic E-state index is 12.8. The van der Waals surface area contributed by atoms with Crippen LogP contribution in [0.25, 0.3) is 0 Å². The highest BCUT2D eigenvalue weighted by molar-refractivity contribution is 6.02. The van der Waals surface area contributed by atoms with E-state index in [4.69, 9.17) is 4.74 Å². The van der Waals surface area contributed by atoms with Gasteiger partial charge >= 0.3 is 12.4 Å². The number of benzene rings is 2. The van der Waals surface area contributed by atoms with Gasteiger partial charge in [0, 0.05) is 11.8 Å². The van der Waals surface area contributed by atoms with Crippen LogP contribution >= 0.6 is 0 Å². The van der Waals surface area contributed by atoms with E-state index in [0.29, 0.717) is 0 Å². The predicted octanol–water partition coefficient (Wildman–Crippen LogP) is 6.16. The molecule has 1 amide bonds. The molecule has 0 saturated heterocycles. The highest BCUT2D eigenvalue weighted by Crippen LogP contribution is 2.32. The van der Waals surface area contributed by atoms with Crippen molar-refractivity contribution in [3.8, 4) is 11.6 Å². The first-order valence-corrected chi connectivity index (χ1v) is 8.33. The number of pyridine rings is 1. The van der Waals surface area contributed by atoms with Crippen molar-refractivity contribution in [3.63, 3.8) is 0 Å². The molecule has 4 nitrogen and oxygen atoms in total. The number of hydrogen-bond acceptors (Lipinski definition) is 3. The number of anilines is 1. The monoisotopic (exact) mass is 426 g/mol. The molecule has 0 aliphatic carbocycles. The second-order valence-electron chi connectivity index (χ2n) is 6.02. The third-order valence-corrected chi connectivity index (χ3v) is 3.81. The quantitative estimate of drug-likeness (QED) is 0.508. The average Bonchev–Trinajstić information content (AvgIpc) is 2.67. The lowest BCUT2D eigenvalue weighted by molar-refractivity contribution is -0.138. The molecule has 0 aliphatic rings. The lowest BCUT2D eigenvalue weighted by Crippen LogP contribution is -2.14. The van der Waals surface area contributed by atoms with Crippen LogP contribution in [-0.2, 0) is 12.4 Å². The van der Waals surface area contributed by atoms with Crippen LogP contribution in [0.5, 0.6) is 11.6 Å². The van der Waals surface area contributed by atoms with Gasteiger partial charge in [0.15, 0.2) is 0 Å². The summed E-state index contributed by atoms with van der Waals surface area (Å²) in [6, 6.07) is 12.0. The molecule has 0 unspecified atom stereocenters. The zero-order chi connectivity index (χ0) is 21.9. The molecule has 0 radical (unpaired) electrons. The number of hydrogen-bond donors (Lipinski definition) is 1. The number of rotatable bonds is 4. The van der Waals surface area contributed by atoms with Crippen LogP contribution in [0.2, 0.25) is 0 Å². The van der Waals surface area contributed by atoms with Crippen molar-refractivity contribution in [2.75, 3.05) is 5.32 Å². The number of carbonyl (C=O) groups is 1. The summed E-state index contributed by atoms with van der Waals surface area (Å²) in [5.41, 5.74) is -1.80. The van der Waals surface area contributed by atoms with Gasteiger partial charge in [0.25, 0.3) is 5.91 Å². The zero-order valence-corrected chi connectivity index (χ0v) is 14.9. The van der Waals surface area contributed by atoms with Crippen LogP contribution in [-0.4, -0.2) is 10.9 Å². The van der Waals surface area contributed by atoms with Crippen LogP contribution in [0.4, 0.5) is 32.0 Å². The van der Waals surface area contributed by atoms with Gasteiger partial charge in [0.1, 0.15) is 11.4 Å². The highest BCUT2D eigenvalue weighted by atomic mass is 19.4. The fraction of sp³-hybridized carbons (Fsp3) is 0.100. The number of carbonyl (C=O) groups excluding carboxylic acids is 1. The summed E-state index contributed by atoms with van der Waals surface area (Å²) in [7, 11) is 0. The Kier molecular flexibility index (Phi) is 5.68. The molecular weight excluding hydrogens is 414 g/mol. The van der Waals surface area contributed by atoms with Crippen LogP contribution in [0, 0.1) is 0 Å². The third kappa shape index (κ3) is 5.28. The van der Waals surface area contributed by atoms with Gasteiger partial charge in [-0.3, -0.25) is 4.79 Å². The van der Waals surface area contributed by atoms with E-state index in [2.05, 4.69) is 10.3 Å². The normalized spacial score (nSPS) is 11.8. The minimum atomic E-state index is -4.55. The summed E-state index contributed by atoms with van der Waals surface area (Å²) in [6.45, 7) is 0. The van der Waals surface area contributed by atoms with Crippen LogP contribution in [0.3, 0.4) is 0 Å². The van der Waals surface area contributed by atoms with Gasteiger partial charge < -0.3 is 10.1 Å². The van der Waals surface area contributed by atoms with Gasteiger partial charge in [-0.05, 0) is 48.5 Å². The van der Waals surface area contributed by atoms with Crippen molar-refractivity contribution < 1.29 is 35.9 Å². The first kappa shape index (κ1) is 21.2. The molecule has 10 heteroatoms. The number of nitrogens with zero attached hydrogens (tertiary/aromatic N) is 1. The summed E-state index contributed by atoms with van der Waals surface area (Å²) in [6.07, 6.45) is -9.05. The molecule has 0 saturated carbocycles. The Balaban J connectivity index is 1.73. The fourth-order valence-electron chi connectivity index (χ4n) is 2.39. The Morgan fingerprint density at radius 3 is 2.07 bits per heavy atom. The minimum absolute atomic E-state index is 0.110. The highest BCUT2D eigenvalue weighted by Gasteiger charge is 2.31. The molecule has 0 aliphatic heterocycles. The van der Waals surface area contributed by atoms with E-state index in [1.54, 1.807) is 0 Å². The number of alkyl halides is 6. The van der Waals surface area contributed by atoms with E-state index < -0.39 is 29.4 Å². The maximum absolute atomic E-state index is 12.8. The van der Waals surface area contributed by atoms with Crippen molar-refractivity contribution in [1.82, 2.24) is 4.98 Å². The number of halogens is 6. The topological polar surface area (TPSA) is 51.2 Å². The van der Waals surface area contributed by atoms with Crippen molar-refractivity contribution in [2.24, 2.45) is 0 Å². The molecule has 1 N–H and O–H groups in total. The molecule has 1 heterocycles. The van der Waals surface area contributed by atoms with Crippen molar-refractivity contribution >= 4 is 11.6 Å². The van der Waals surface area contributed by atoms with E-state index in [0.717, 1.165) is 36.4 Å². The van der Waals surface area contributed by atoms with Crippen molar-refractivity contribution in [1.29, 1.82) is 0 Å². The van der Waals surface area contributed by atoms with Gasteiger partial charge in [-0.25, -0.2) is 4.98 Å². The third-order valence-electron chi connectivity index (χ3n) is 3.81. The molecule has 3 rings (SSSR count). The van der Waals surface area contributed by atoms with Crippen LogP contribution < -0.4 is 10.1 Å². The average molecular weight is 426 g/mol. The molecule has 156 valence electrons. The van der Waals surface area contributed by atoms with E-state index in [1.165, 1.54) is 30.3 Å². The Morgan fingerprint density at radius 2 is 1.43 bits per heavy atom. The first-order chi connectivity index (χ1) is 14.0. The van der Waals surface area contributed by atoms with Gasteiger partial charge in [0.2, 0.25) is 5.88 Å². The smallest absolute Gasteiger partial charge is 0.416 e. The van der Waals surface area contributed by atoms with E-state index in [9.17, 15) is 31.1 Å². The summed E-state index contributed by atoms with van der Waals surface area (Å²) in [5, 5.41) is 2.38. The molecule has 1 aromatic heterocycles. The predicted molar refractivity (Wildman–Crippen MR) is 95.2 cm³/mol. The molecule has 0 bridgehead atoms. The molecule has 30 heavy (non-hydrogen) atoms. The number of aromatic nitrogens is 1. The van der Waals surface area contributed by atoms with Gasteiger partial charge in [-0.2, -0.15) is 26.3 Å². The van der Waals surface area contributed by atoms with E-state index in [-0.39, 0.29) is 23.0 Å². The van der Waals surface area contributed by atoms with Gasteiger partial charge in [-0.1, -0.05) is 12.1 Å². The molecule has 0 atom stereocenters. The largest absolute Gasteiger partial charge is 0.439 e. The second kappa shape index (κ2) is 8.05. The molecule has 0 fully saturated rings. The van der Waals surface area contributed by atoms with Crippen LogP contribution in [0.15, 0.2) is 66.7 Å². The zero-order valence-electron chi connectivity index (χ0n) is 14.9. The lowest BCUT2D eigenvalue weighted by atomic mass is 10.2. The molecule has 2 aromatic carbocycles. The lowest BCUT2D eigenvalue weighted by Gasteiger charge is -2.11. The second-order valence-corrected chi connectivity index (χ2v) is 6.02. The fourth-order valence-corrected chi connectivity index (χ4v) is 2.39. The number of nitrogens with one attached hydrogen (secondary N) is 1. The SMILES string of the molecule is O=C(Nc1ccc(C(F)(F)F)cc1)c1cccc(Oc2cccc(C(F)(F)F)c2)n1. The summed E-state index contributed by atoms with van der Waals surface area (Å²) < 4.78 is 81.4. The summed E-state index contributed by atoms with van der Waals surface area (Å²) in [4.78, 5) is 16.2. The molecular formula is C20H12F6N2O2. The Bertz CT molecular complexity index is 1050. The van der Waals surface area contributed by atoms with Crippen molar-refractivity contribution in [2.45, 2.75) is 12.4 Å². The number of amides is 1. The van der Waals surface area contributed by atoms with E-state index >= 15 is 0 Å². The standard InChI is InChI=1S/C20H12F6N2O2/c21-19(22,23)12-7-9-14(10-8-12)27-18(29)16-5-2-6-17(28-16)30-15-4-1-3-13(11-15)20(24,25)26/h1-11H,(H,27,29). The molecule has 0 spiro atoms. The first-order valence-electron chi connectivity index (χ1n) is 8.33. The summed E-state index contributed by atoms with van der Waals surface area (Å²) in [5.74, 6) is -0.990.